The van der Waals surface area contributed by atoms with E-state index in [9.17, 15) is 14.7 Å². The predicted molar refractivity (Wildman–Crippen MR) is 104 cm³/mol. The molecule has 1 aliphatic rings. The number of ether oxygens (including phenoxy) is 1. The molecule has 0 bridgehead atoms. The van der Waals surface area contributed by atoms with E-state index < -0.39 is 10.9 Å². The van der Waals surface area contributed by atoms with Crippen molar-refractivity contribution >= 4 is 22.9 Å². The van der Waals surface area contributed by atoms with Gasteiger partial charge in [-0.15, -0.1) is 0 Å². The molecule has 0 spiro atoms. The maximum Gasteiger partial charge on any atom is 0.286 e. The highest BCUT2D eigenvalue weighted by Crippen LogP contribution is 2.34. The fourth-order valence-electron chi connectivity index (χ4n) is 2.81. The number of aryl methyl sites for hydroxylation is 1. The Morgan fingerprint density at radius 2 is 1.89 bits per heavy atom. The van der Waals surface area contributed by atoms with Gasteiger partial charge < -0.3 is 9.84 Å². The largest absolute Gasteiger partial charge is 0.490 e. The molecule has 7 heteroatoms. The number of imide groups is 1. The molecule has 27 heavy (non-hydrogen) atoms. The van der Waals surface area contributed by atoms with Gasteiger partial charge >= 0.3 is 0 Å². The SMILES string of the molecule is CCc1ccc([C@H](O)COc2ccc(C[C@@]3(C)SC(=O)NC3=O)cc2)nc1. The summed E-state index contributed by atoms with van der Waals surface area (Å²) in [6.07, 6.45) is 2.31. The van der Waals surface area contributed by atoms with Gasteiger partial charge in [0.1, 0.15) is 23.2 Å². The van der Waals surface area contributed by atoms with Crippen LogP contribution in [-0.2, 0) is 17.6 Å². The molecule has 0 radical (unpaired) electrons. The molecule has 2 N–H and O–H groups in total. The predicted octanol–water partition coefficient (Wildman–Crippen LogP) is 3.04. The van der Waals surface area contributed by atoms with Crippen LogP contribution < -0.4 is 10.1 Å². The molecular formula is C20H22N2O4S. The van der Waals surface area contributed by atoms with Crippen molar-refractivity contribution < 1.29 is 19.4 Å². The highest BCUT2D eigenvalue weighted by atomic mass is 32.2. The number of benzene rings is 1. The summed E-state index contributed by atoms with van der Waals surface area (Å²) in [6, 6.07) is 11.1. The third kappa shape index (κ3) is 4.67. The number of thioether (sulfide) groups is 1. The van der Waals surface area contributed by atoms with Crippen molar-refractivity contribution in [2.45, 2.75) is 37.5 Å². The van der Waals surface area contributed by atoms with Gasteiger partial charge in [-0.3, -0.25) is 19.9 Å². The number of carbonyl (C=O) groups excluding carboxylic acids is 2. The number of nitrogens with one attached hydrogen (secondary N) is 1. The molecular weight excluding hydrogens is 364 g/mol. The van der Waals surface area contributed by atoms with Gasteiger partial charge in [-0.25, -0.2) is 0 Å². The Kier molecular flexibility index (Phi) is 5.82. The topological polar surface area (TPSA) is 88.5 Å². The van der Waals surface area contributed by atoms with Crippen LogP contribution in [0.25, 0.3) is 0 Å². The van der Waals surface area contributed by atoms with Gasteiger partial charge in [0.15, 0.2) is 0 Å². The summed E-state index contributed by atoms with van der Waals surface area (Å²) in [7, 11) is 0. The number of aromatic nitrogens is 1. The maximum atomic E-state index is 11.9. The first-order chi connectivity index (χ1) is 12.9. The molecule has 1 aromatic carbocycles. The summed E-state index contributed by atoms with van der Waals surface area (Å²) in [5, 5.41) is 12.2. The fraction of sp³-hybridized carbons (Fsp3) is 0.350. The second-order valence-corrected chi connectivity index (χ2v) is 8.14. The highest BCUT2D eigenvalue weighted by molar-refractivity contribution is 8.16. The van der Waals surface area contributed by atoms with E-state index in [1.807, 2.05) is 24.3 Å². The first kappa shape index (κ1) is 19.4. The number of nitrogens with zero attached hydrogens (tertiary/aromatic N) is 1. The summed E-state index contributed by atoms with van der Waals surface area (Å²) in [6.45, 7) is 3.91. The Bertz CT molecular complexity index is 823. The number of carbonyl (C=O) groups is 2. The third-order valence-corrected chi connectivity index (χ3v) is 5.55. The van der Waals surface area contributed by atoms with Crippen LogP contribution in [0.15, 0.2) is 42.6 Å². The Labute approximate surface area is 162 Å². The lowest BCUT2D eigenvalue weighted by molar-refractivity contribution is -0.121. The Balaban J connectivity index is 1.56. The molecule has 0 saturated carbocycles. The molecule has 6 nitrogen and oxygen atoms in total. The fourth-order valence-corrected chi connectivity index (χ4v) is 3.75. The summed E-state index contributed by atoms with van der Waals surface area (Å²) < 4.78 is 4.85. The van der Waals surface area contributed by atoms with Crippen molar-refractivity contribution in [3.63, 3.8) is 0 Å². The van der Waals surface area contributed by atoms with Crippen LogP contribution in [0, 0.1) is 0 Å². The lowest BCUT2D eigenvalue weighted by Crippen LogP contribution is -2.35. The van der Waals surface area contributed by atoms with Crippen LogP contribution in [0.4, 0.5) is 4.79 Å². The number of aliphatic hydroxyl groups excluding tert-OH is 1. The average molecular weight is 386 g/mol. The second kappa shape index (κ2) is 8.10. The van der Waals surface area contributed by atoms with E-state index in [1.54, 1.807) is 25.3 Å². The van der Waals surface area contributed by atoms with E-state index in [4.69, 9.17) is 4.74 Å². The van der Waals surface area contributed by atoms with Gasteiger partial charge in [0, 0.05) is 6.20 Å². The zero-order valence-corrected chi connectivity index (χ0v) is 16.1. The van der Waals surface area contributed by atoms with E-state index in [2.05, 4.69) is 17.2 Å². The van der Waals surface area contributed by atoms with Crippen molar-refractivity contribution in [2.24, 2.45) is 0 Å². The van der Waals surface area contributed by atoms with Gasteiger partial charge in [-0.05, 0) is 60.9 Å². The van der Waals surface area contributed by atoms with Gasteiger partial charge in [0.25, 0.3) is 5.24 Å². The van der Waals surface area contributed by atoms with Crippen molar-refractivity contribution in [3.8, 4) is 5.75 Å². The van der Waals surface area contributed by atoms with Crippen LogP contribution in [-0.4, -0.2) is 32.6 Å². The number of hydrogen-bond donors (Lipinski definition) is 2. The molecule has 2 heterocycles. The summed E-state index contributed by atoms with van der Waals surface area (Å²) in [5.41, 5.74) is 2.62. The van der Waals surface area contributed by atoms with Gasteiger partial charge in [-0.1, -0.05) is 25.1 Å². The number of aliphatic hydroxyl groups is 1. The number of rotatable bonds is 7. The first-order valence-electron chi connectivity index (χ1n) is 8.78. The quantitative estimate of drug-likeness (QED) is 0.760. The van der Waals surface area contributed by atoms with Crippen LogP contribution >= 0.6 is 11.8 Å². The smallest absolute Gasteiger partial charge is 0.286 e. The van der Waals surface area contributed by atoms with Crippen LogP contribution in [0.2, 0.25) is 0 Å². The molecule has 1 saturated heterocycles. The first-order valence-corrected chi connectivity index (χ1v) is 9.60. The molecule has 2 amide bonds. The average Bonchev–Trinajstić information content (AvgIpc) is 2.92. The maximum absolute atomic E-state index is 11.9. The number of pyridine rings is 1. The standard InChI is InChI=1S/C20H22N2O4S/c1-3-13-6-9-16(21-11-13)17(23)12-26-15-7-4-14(5-8-15)10-20(2)18(24)22-19(25)27-20/h4-9,11,17,23H,3,10,12H2,1-2H3,(H,22,24,25)/t17-,20-/m1/s1. The minimum Gasteiger partial charge on any atom is -0.490 e. The Morgan fingerprint density at radius 3 is 2.44 bits per heavy atom. The zero-order chi connectivity index (χ0) is 19.4. The van der Waals surface area contributed by atoms with Crippen molar-refractivity contribution in [3.05, 3.63) is 59.4 Å². The normalized spacial score (nSPS) is 20.4. The summed E-state index contributed by atoms with van der Waals surface area (Å²) >= 11 is 1.02. The Hall–Kier alpha value is -2.38. The summed E-state index contributed by atoms with van der Waals surface area (Å²) in [5.74, 6) is 0.357. The van der Waals surface area contributed by atoms with E-state index in [1.165, 1.54) is 0 Å². The molecule has 1 aliphatic heterocycles. The Morgan fingerprint density at radius 1 is 1.19 bits per heavy atom. The molecule has 2 atom stereocenters. The van der Waals surface area contributed by atoms with Crippen LogP contribution in [0.5, 0.6) is 5.75 Å². The molecule has 3 rings (SSSR count). The van der Waals surface area contributed by atoms with E-state index in [0.29, 0.717) is 17.9 Å². The van der Waals surface area contributed by atoms with E-state index in [0.717, 1.165) is 29.3 Å². The van der Waals surface area contributed by atoms with Crippen LogP contribution in [0.3, 0.4) is 0 Å². The number of amides is 2. The molecule has 1 fully saturated rings. The third-order valence-electron chi connectivity index (χ3n) is 4.48. The van der Waals surface area contributed by atoms with Crippen molar-refractivity contribution in [1.82, 2.24) is 10.3 Å². The molecule has 0 unspecified atom stereocenters. The number of hydrogen-bond acceptors (Lipinski definition) is 6. The lowest BCUT2D eigenvalue weighted by atomic mass is 9.99. The molecule has 0 aliphatic carbocycles. The van der Waals surface area contributed by atoms with Crippen molar-refractivity contribution in [1.29, 1.82) is 0 Å². The van der Waals surface area contributed by atoms with Crippen LogP contribution in [0.1, 0.15) is 36.8 Å². The minimum absolute atomic E-state index is 0.0995. The van der Waals surface area contributed by atoms with Gasteiger partial charge in [0.2, 0.25) is 5.91 Å². The van der Waals surface area contributed by atoms with Gasteiger partial charge in [0.05, 0.1) is 5.69 Å². The van der Waals surface area contributed by atoms with E-state index in [-0.39, 0.29) is 17.8 Å². The van der Waals surface area contributed by atoms with Gasteiger partial charge in [-0.2, -0.15) is 0 Å². The highest BCUT2D eigenvalue weighted by Gasteiger charge is 2.43. The second-order valence-electron chi connectivity index (χ2n) is 6.67. The lowest BCUT2D eigenvalue weighted by Gasteiger charge is -2.18. The van der Waals surface area contributed by atoms with E-state index >= 15 is 0 Å². The zero-order valence-electron chi connectivity index (χ0n) is 15.3. The monoisotopic (exact) mass is 386 g/mol. The minimum atomic E-state index is -0.806. The van der Waals surface area contributed by atoms with Crippen molar-refractivity contribution in [2.75, 3.05) is 6.61 Å². The molecule has 2 aromatic rings. The summed E-state index contributed by atoms with van der Waals surface area (Å²) in [4.78, 5) is 27.6. The molecule has 1 aromatic heterocycles. The molecule has 142 valence electrons.